The van der Waals surface area contributed by atoms with Crippen LogP contribution < -0.4 is 10.3 Å². The minimum Gasteiger partial charge on any atom is -0.477 e. The first kappa shape index (κ1) is 24.1. The van der Waals surface area contributed by atoms with Gasteiger partial charge in [0.05, 0.1) is 28.4 Å². The van der Waals surface area contributed by atoms with Crippen molar-refractivity contribution in [3.63, 3.8) is 0 Å². The van der Waals surface area contributed by atoms with Gasteiger partial charge in [0, 0.05) is 31.2 Å². The number of benzene rings is 2. The van der Waals surface area contributed by atoms with E-state index < -0.39 is 34.2 Å². The molecule has 2 N–H and O–H groups in total. The van der Waals surface area contributed by atoms with Crippen molar-refractivity contribution in [1.82, 2.24) is 9.55 Å². The maximum atomic E-state index is 15.4. The van der Waals surface area contributed by atoms with E-state index >= 15 is 4.39 Å². The molecule has 10 heteroatoms. The van der Waals surface area contributed by atoms with Crippen LogP contribution in [0.15, 0.2) is 47.5 Å². The van der Waals surface area contributed by atoms with Crippen LogP contribution in [0.4, 0.5) is 14.5 Å². The molecule has 2 aromatic heterocycles. The Kier molecular flexibility index (Phi) is 5.92. The molecule has 0 saturated carbocycles. The van der Waals surface area contributed by atoms with Crippen molar-refractivity contribution in [2.24, 2.45) is 0 Å². The van der Waals surface area contributed by atoms with Gasteiger partial charge in [-0.1, -0.05) is 23.7 Å². The quantitative estimate of drug-likeness (QED) is 0.384. The fraction of sp³-hybridized carbons (Fsp3) is 0.269. The van der Waals surface area contributed by atoms with E-state index in [9.17, 15) is 24.2 Å². The molecule has 2 aromatic carbocycles. The highest BCUT2D eigenvalue weighted by molar-refractivity contribution is 6.34. The van der Waals surface area contributed by atoms with E-state index in [-0.39, 0.29) is 34.2 Å². The monoisotopic (exact) mass is 513 g/mol. The van der Waals surface area contributed by atoms with Crippen LogP contribution in [-0.4, -0.2) is 38.8 Å². The Morgan fingerprint density at radius 2 is 1.86 bits per heavy atom. The number of nitrogens with zero attached hydrogens (tertiary/aromatic N) is 3. The molecule has 4 aromatic rings. The summed E-state index contributed by atoms with van der Waals surface area (Å²) in [7, 11) is 0. The van der Waals surface area contributed by atoms with Gasteiger partial charge in [-0.25, -0.2) is 13.6 Å². The molecule has 5 rings (SSSR count). The Morgan fingerprint density at radius 3 is 2.47 bits per heavy atom. The third kappa shape index (κ3) is 3.79. The van der Waals surface area contributed by atoms with Gasteiger partial charge in [0.25, 0.3) is 0 Å². The number of halogens is 3. The number of carboxylic acid groups (broad SMARTS) is 1. The molecule has 3 heterocycles. The SMILES string of the molecule is CCn1cc(C(=O)O)c(=O)c2c3cc(N4CCC(O)(c5ccc(F)cc5)CC4)c(Cl)c(F)c3ncc21. The summed E-state index contributed by atoms with van der Waals surface area (Å²) in [5.41, 5.74) is -1.15. The molecule has 36 heavy (non-hydrogen) atoms. The van der Waals surface area contributed by atoms with Gasteiger partial charge in [-0.15, -0.1) is 0 Å². The van der Waals surface area contributed by atoms with Crippen molar-refractivity contribution >= 4 is 45.1 Å². The van der Waals surface area contributed by atoms with E-state index in [4.69, 9.17) is 11.6 Å². The molecule has 0 radical (unpaired) electrons. The summed E-state index contributed by atoms with van der Waals surface area (Å²) in [4.78, 5) is 30.9. The number of piperidine rings is 1. The average molecular weight is 514 g/mol. The van der Waals surface area contributed by atoms with Crippen molar-refractivity contribution in [1.29, 1.82) is 0 Å². The molecule has 0 spiro atoms. The molecule has 1 aliphatic heterocycles. The second-order valence-corrected chi connectivity index (χ2v) is 9.30. The molecule has 0 bridgehead atoms. The number of aromatic nitrogens is 2. The number of hydrogen-bond acceptors (Lipinski definition) is 5. The number of rotatable bonds is 4. The van der Waals surface area contributed by atoms with E-state index in [0.717, 1.165) is 0 Å². The van der Waals surface area contributed by atoms with Crippen molar-refractivity contribution in [2.45, 2.75) is 31.9 Å². The Bertz CT molecular complexity index is 1580. The summed E-state index contributed by atoms with van der Waals surface area (Å²) in [6.07, 6.45) is 3.17. The lowest BCUT2D eigenvalue weighted by Gasteiger charge is -2.40. The zero-order chi connectivity index (χ0) is 25.8. The number of aromatic carboxylic acids is 1. The van der Waals surface area contributed by atoms with Crippen LogP contribution in [0.2, 0.25) is 5.02 Å². The summed E-state index contributed by atoms with van der Waals surface area (Å²) in [5.74, 6) is -2.58. The van der Waals surface area contributed by atoms with Crippen molar-refractivity contribution in [3.8, 4) is 0 Å². The number of fused-ring (bicyclic) bond motifs is 3. The Morgan fingerprint density at radius 1 is 1.19 bits per heavy atom. The van der Waals surface area contributed by atoms with Crippen LogP contribution >= 0.6 is 11.6 Å². The highest BCUT2D eigenvalue weighted by atomic mass is 35.5. The molecule has 1 saturated heterocycles. The lowest BCUT2D eigenvalue weighted by molar-refractivity contribution is 0.0117. The number of carboxylic acids is 1. The van der Waals surface area contributed by atoms with Crippen LogP contribution in [0.3, 0.4) is 0 Å². The minimum absolute atomic E-state index is 0.0541. The predicted octanol–water partition coefficient (Wildman–Crippen LogP) is 4.69. The molecule has 0 unspecified atom stereocenters. The van der Waals surface area contributed by atoms with Gasteiger partial charge >= 0.3 is 5.97 Å². The first-order valence-corrected chi connectivity index (χ1v) is 11.8. The lowest BCUT2D eigenvalue weighted by atomic mass is 9.84. The number of pyridine rings is 2. The van der Waals surface area contributed by atoms with E-state index in [1.807, 2.05) is 0 Å². The topological polar surface area (TPSA) is 95.7 Å². The summed E-state index contributed by atoms with van der Waals surface area (Å²) < 4.78 is 30.4. The molecule has 1 fully saturated rings. The summed E-state index contributed by atoms with van der Waals surface area (Å²) in [6.45, 7) is 2.80. The predicted molar refractivity (Wildman–Crippen MR) is 133 cm³/mol. The fourth-order valence-corrected chi connectivity index (χ4v) is 5.20. The van der Waals surface area contributed by atoms with Crippen LogP contribution in [0.25, 0.3) is 21.8 Å². The largest absolute Gasteiger partial charge is 0.477 e. The fourth-order valence-electron chi connectivity index (χ4n) is 4.93. The molecule has 186 valence electrons. The average Bonchev–Trinajstić information content (AvgIpc) is 2.86. The van der Waals surface area contributed by atoms with Gasteiger partial charge in [0.2, 0.25) is 5.43 Å². The third-order valence-electron chi connectivity index (χ3n) is 6.95. The molecular weight excluding hydrogens is 492 g/mol. The number of carbonyl (C=O) groups is 1. The van der Waals surface area contributed by atoms with Crippen LogP contribution in [-0.2, 0) is 12.1 Å². The molecule has 0 amide bonds. The first-order valence-electron chi connectivity index (χ1n) is 11.4. The zero-order valence-corrected chi connectivity index (χ0v) is 20.0. The summed E-state index contributed by atoms with van der Waals surface area (Å²) in [6, 6.07) is 7.24. The van der Waals surface area contributed by atoms with Crippen molar-refractivity contribution < 1.29 is 23.8 Å². The smallest absolute Gasteiger partial charge is 0.341 e. The Labute approximate surface area is 209 Å². The van der Waals surface area contributed by atoms with Gasteiger partial charge in [0.1, 0.15) is 21.9 Å². The minimum atomic E-state index is -1.38. The second-order valence-electron chi connectivity index (χ2n) is 8.93. The third-order valence-corrected chi connectivity index (χ3v) is 7.31. The molecule has 0 atom stereocenters. The van der Waals surface area contributed by atoms with Gasteiger partial charge < -0.3 is 19.7 Å². The number of aryl methyl sites for hydroxylation is 1. The lowest BCUT2D eigenvalue weighted by Crippen LogP contribution is -2.42. The molecule has 1 aliphatic rings. The molecule has 0 aliphatic carbocycles. The maximum Gasteiger partial charge on any atom is 0.341 e. The summed E-state index contributed by atoms with van der Waals surface area (Å²) in [5, 5.41) is 20.7. The highest BCUT2D eigenvalue weighted by Crippen LogP contribution is 2.40. The number of aliphatic hydroxyl groups is 1. The Balaban J connectivity index is 1.63. The zero-order valence-electron chi connectivity index (χ0n) is 19.3. The summed E-state index contributed by atoms with van der Waals surface area (Å²) >= 11 is 6.40. The van der Waals surface area contributed by atoms with Crippen LogP contribution in [0, 0.1) is 11.6 Å². The standard InChI is InChI=1S/C26H22ClF2N3O4/c1-2-31-13-17(25(34)35)24(33)20-16-11-18(21(27)22(29)23(16)30-12-19(20)31)32-9-7-26(36,8-10-32)14-3-5-15(28)6-4-14/h3-6,11-13,36H,2,7-10H2,1H3,(H,34,35). The van der Waals surface area contributed by atoms with Gasteiger partial charge in [-0.2, -0.15) is 0 Å². The van der Waals surface area contributed by atoms with Gasteiger partial charge in [-0.05, 0) is 43.5 Å². The maximum absolute atomic E-state index is 15.4. The van der Waals surface area contributed by atoms with Gasteiger partial charge in [-0.3, -0.25) is 9.78 Å². The molecule has 7 nitrogen and oxygen atoms in total. The molecular formula is C26H22ClF2N3O4. The van der Waals surface area contributed by atoms with Crippen LogP contribution in [0.1, 0.15) is 35.7 Å². The van der Waals surface area contributed by atoms with E-state index in [1.165, 1.54) is 24.5 Å². The number of anilines is 1. The second kappa shape index (κ2) is 8.83. The highest BCUT2D eigenvalue weighted by Gasteiger charge is 2.35. The van der Waals surface area contributed by atoms with Crippen LogP contribution in [0.5, 0.6) is 0 Å². The van der Waals surface area contributed by atoms with E-state index in [1.54, 1.807) is 34.6 Å². The van der Waals surface area contributed by atoms with Crippen molar-refractivity contribution in [3.05, 3.63) is 80.7 Å². The van der Waals surface area contributed by atoms with Gasteiger partial charge in [0.15, 0.2) is 5.82 Å². The number of hydrogen-bond donors (Lipinski definition) is 2. The van der Waals surface area contributed by atoms with Crippen molar-refractivity contribution in [2.75, 3.05) is 18.0 Å². The normalized spacial score (nSPS) is 15.5. The van der Waals surface area contributed by atoms with E-state index in [2.05, 4.69) is 4.98 Å². The van der Waals surface area contributed by atoms with E-state index in [0.29, 0.717) is 36.4 Å². The Hall–Kier alpha value is -3.56. The first-order chi connectivity index (χ1) is 17.1.